The van der Waals surface area contributed by atoms with E-state index in [2.05, 4.69) is 32.7 Å². The number of fused-ring (bicyclic) bond motifs is 1. The van der Waals surface area contributed by atoms with Crippen molar-refractivity contribution in [1.29, 1.82) is 0 Å². The number of nitrogens with zero attached hydrogens (tertiary/aromatic N) is 3. The molecule has 2 heterocycles. The van der Waals surface area contributed by atoms with Crippen molar-refractivity contribution in [3.8, 4) is 17.0 Å². The summed E-state index contributed by atoms with van der Waals surface area (Å²) in [5, 5.41) is 21.0. The van der Waals surface area contributed by atoms with Crippen LogP contribution in [-0.2, 0) is 6.54 Å². The van der Waals surface area contributed by atoms with E-state index < -0.39 is 5.63 Å². The molecule has 0 radical (unpaired) electrons. The molecule has 4 rings (SSSR count). The number of hydrogen-bond acceptors (Lipinski definition) is 6. The van der Waals surface area contributed by atoms with Crippen LogP contribution in [0.3, 0.4) is 0 Å². The average molecular weight is 482 g/mol. The van der Waals surface area contributed by atoms with Gasteiger partial charge < -0.3 is 14.1 Å². The van der Waals surface area contributed by atoms with Gasteiger partial charge in [0.2, 0.25) is 4.80 Å². The van der Waals surface area contributed by atoms with Crippen LogP contribution in [0.4, 0.5) is 0 Å². The van der Waals surface area contributed by atoms with Crippen molar-refractivity contribution in [1.82, 2.24) is 4.57 Å². The fourth-order valence-corrected chi connectivity index (χ4v) is 4.18. The minimum absolute atomic E-state index is 0.108. The molecule has 0 aliphatic rings. The smallest absolute Gasteiger partial charge is 0.345 e. The van der Waals surface area contributed by atoms with Crippen molar-refractivity contribution in [3.05, 3.63) is 91.8 Å². The third-order valence-electron chi connectivity index (χ3n) is 4.36. The molecule has 0 bridgehead atoms. The van der Waals surface area contributed by atoms with Crippen molar-refractivity contribution < 1.29 is 9.52 Å². The molecular formula is C22H16BrN3O3S. The normalized spacial score (nSPS) is 12.1. The molecule has 0 atom stereocenters. The van der Waals surface area contributed by atoms with E-state index in [1.165, 1.54) is 17.6 Å². The zero-order valence-corrected chi connectivity index (χ0v) is 18.1. The topological polar surface area (TPSA) is 80.1 Å². The minimum atomic E-state index is -0.418. The van der Waals surface area contributed by atoms with Gasteiger partial charge in [0.15, 0.2) is 0 Å². The number of rotatable bonds is 5. The van der Waals surface area contributed by atoms with Crippen LogP contribution in [0.2, 0.25) is 0 Å². The monoisotopic (exact) mass is 481 g/mol. The van der Waals surface area contributed by atoms with Gasteiger partial charge in [-0.05, 0) is 30.3 Å². The highest BCUT2D eigenvalue weighted by Crippen LogP contribution is 2.22. The van der Waals surface area contributed by atoms with Gasteiger partial charge >= 0.3 is 5.63 Å². The molecule has 0 saturated carbocycles. The Kier molecular flexibility index (Phi) is 5.78. The lowest BCUT2D eigenvalue weighted by Gasteiger charge is -2.06. The van der Waals surface area contributed by atoms with E-state index in [1.807, 2.05) is 34.2 Å². The Bertz CT molecular complexity index is 1400. The molecule has 6 nitrogen and oxygen atoms in total. The zero-order valence-electron chi connectivity index (χ0n) is 15.7. The van der Waals surface area contributed by atoms with E-state index in [1.54, 1.807) is 30.3 Å². The Morgan fingerprint density at radius 3 is 2.90 bits per heavy atom. The van der Waals surface area contributed by atoms with Crippen molar-refractivity contribution in [3.63, 3.8) is 0 Å². The molecule has 4 aromatic rings. The maximum Gasteiger partial charge on any atom is 0.345 e. The summed E-state index contributed by atoms with van der Waals surface area (Å²) >= 11 is 4.71. The quantitative estimate of drug-likeness (QED) is 0.190. The Hall–Kier alpha value is -3.23. The molecule has 8 heteroatoms. The molecule has 30 heavy (non-hydrogen) atoms. The summed E-state index contributed by atoms with van der Waals surface area (Å²) < 4.78 is 8.14. The van der Waals surface area contributed by atoms with E-state index >= 15 is 0 Å². The van der Waals surface area contributed by atoms with Gasteiger partial charge in [0.25, 0.3) is 0 Å². The molecule has 0 unspecified atom stereocenters. The number of halogens is 1. The highest BCUT2D eigenvalue weighted by atomic mass is 79.9. The average Bonchev–Trinajstić information content (AvgIpc) is 3.12. The highest BCUT2D eigenvalue weighted by molar-refractivity contribution is 9.10. The molecule has 0 saturated heterocycles. The summed E-state index contributed by atoms with van der Waals surface area (Å²) in [6.07, 6.45) is 3.20. The summed E-state index contributed by atoms with van der Waals surface area (Å²) in [6.45, 7) is 4.24. The van der Waals surface area contributed by atoms with Crippen molar-refractivity contribution >= 4 is 44.5 Å². The number of hydrogen-bond donors (Lipinski definition) is 1. The Labute approximate surface area is 183 Å². The first-order valence-corrected chi connectivity index (χ1v) is 10.6. The SMILES string of the molecule is C=CCn1c(-c2cc3ccccc3oc2=O)cs/c1=N/N=C/c1cc(Br)ccc1O. The molecule has 0 spiro atoms. The fraction of sp³-hybridized carbons (Fsp3) is 0.0455. The molecule has 0 aliphatic heterocycles. The number of allylic oxidation sites excluding steroid dienone is 1. The second-order valence-corrected chi connectivity index (χ2v) is 8.09. The van der Waals surface area contributed by atoms with Gasteiger partial charge in [-0.3, -0.25) is 0 Å². The summed E-state index contributed by atoms with van der Waals surface area (Å²) in [4.78, 5) is 13.2. The lowest BCUT2D eigenvalue weighted by atomic mass is 10.1. The fourth-order valence-electron chi connectivity index (χ4n) is 2.94. The van der Waals surface area contributed by atoms with Crippen LogP contribution in [-0.4, -0.2) is 15.9 Å². The first-order chi connectivity index (χ1) is 14.6. The number of aromatic hydroxyl groups is 1. The van der Waals surface area contributed by atoms with Crippen LogP contribution in [0.25, 0.3) is 22.2 Å². The standard InChI is InChI=1S/C22H16BrN3O3S/c1-2-9-26-18(17-11-14-5-3-4-6-20(14)29-21(17)28)13-30-22(26)25-24-12-15-10-16(23)7-8-19(15)27/h2-8,10-13,27H,1,9H2/b24-12+,25-22+. The van der Waals surface area contributed by atoms with Crippen LogP contribution in [0.1, 0.15) is 5.56 Å². The molecular weight excluding hydrogens is 466 g/mol. The lowest BCUT2D eigenvalue weighted by molar-refractivity contribution is 0.474. The van der Waals surface area contributed by atoms with Crippen LogP contribution in [0.5, 0.6) is 5.75 Å². The van der Waals surface area contributed by atoms with Crippen LogP contribution < -0.4 is 10.4 Å². The minimum Gasteiger partial charge on any atom is -0.507 e. The number of phenols is 1. The summed E-state index contributed by atoms with van der Waals surface area (Å²) in [5.74, 6) is 0.108. The maximum absolute atomic E-state index is 12.6. The molecule has 150 valence electrons. The van der Waals surface area contributed by atoms with Crippen molar-refractivity contribution in [2.45, 2.75) is 6.54 Å². The molecule has 2 aromatic heterocycles. The summed E-state index contributed by atoms with van der Waals surface area (Å²) in [5.41, 5.74) is 1.79. The van der Waals surface area contributed by atoms with Crippen LogP contribution in [0, 0.1) is 0 Å². The van der Waals surface area contributed by atoms with Gasteiger partial charge in [-0.15, -0.1) is 23.0 Å². The first kappa shape index (κ1) is 20.1. The van der Waals surface area contributed by atoms with Crippen LogP contribution >= 0.6 is 27.3 Å². The largest absolute Gasteiger partial charge is 0.507 e. The van der Waals surface area contributed by atoms with E-state index in [-0.39, 0.29) is 5.75 Å². The van der Waals surface area contributed by atoms with Crippen molar-refractivity contribution in [2.75, 3.05) is 0 Å². The zero-order chi connectivity index (χ0) is 21.1. The molecule has 2 aromatic carbocycles. The first-order valence-electron chi connectivity index (χ1n) is 8.95. The number of aromatic nitrogens is 1. The van der Waals surface area contributed by atoms with Gasteiger partial charge in [0, 0.05) is 27.3 Å². The van der Waals surface area contributed by atoms with Gasteiger partial charge in [-0.1, -0.05) is 40.2 Å². The van der Waals surface area contributed by atoms with Gasteiger partial charge in [0.05, 0.1) is 17.5 Å². The van der Waals surface area contributed by atoms with E-state index in [0.29, 0.717) is 33.8 Å². The van der Waals surface area contributed by atoms with Gasteiger partial charge in [-0.25, -0.2) is 4.79 Å². The Morgan fingerprint density at radius 2 is 2.07 bits per heavy atom. The molecule has 0 aliphatic carbocycles. The van der Waals surface area contributed by atoms with Gasteiger partial charge in [-0.2, -0.15) is 5.10 Å². The van der Waals surface area contributed by atoms with E-state index in [0.717, 1.165) is 9.86 Å². The molecule has 0 fully saturated rings. The number of benzene rings is 2. The molecule has 0 amide bonds. The summed E-state index contributed by atoms with van der Waals surface area (Å²) in [6, 6.07) is 14.2. The second-order valence-electron chi connectivity index (χ2n) is 6.34. The lowest BCUT2D eigenvalue weighted by Crippen LogP contribution is -2.17. The number of phenolic OH excluding ortho intramolecular Hbond substituents is 1. The third kappa shape index (κ3) is 4.05. The second kappa shape index (κ2) is 8.64. The third-order valence-corrected chi connectivity index (χ3v) is 5.70. The van der Waals surface area contributed by atoms with E-state index in [9.17, 15) is 9.90 Å². The predicted molar refractivity (Wildman–Crippen MR) is 123 cm³/mol. The predicted octanol–water partition coefficient (Wildman–Crippen LogP) is 4.91. The molecule has 1 N–H and O–H groups in total. The number of para-hydroxylation sites is 1. The Balaban J connectivity index is 1.79. The number of thiazole rings is 1. The van der Waals surface area contributed by atoms with Gasteiger partial charge in [0.1, 0.15) is 11.3 Å². The van der Waals surface area contributed by atoms with Crippen molar-refractivity contribution in [2.24, 2.45) is 10.2 Å². The summed E-state index contributed by atoms with van der Waals surface area (Å²) in [7, 11) is 0. The van der Waals surface area contributed by atoms with E-state index in [4.69, 9.17) is 4.42 Å². The maximum atomic E-state index is 12.6. The van der Waals surface area contributed by atoms with Crippen LogP contribution in [0.15, 0.2) is 90.5 Å². The Morgan fingerprint density at radius 1 is 1.23 bits per heavy atom. The highest BCUT2D eigenvalue weighted by Gasteiger charge is 2.13.